The first-order valence-electron chi connectivity index (χ1n) is 12.4. The molecule has 204 valence electrons. The minimum atomic E-state index is -2.86. The van der Waals surface area contributed by atoms with Crippen LogP contribution in [0.5, 0.6) is 0 Å². The SMILES string of the molecule is NC(=O)C(N)(O)N1C=C(C2(C(N)(O)NC3CCCCC3)CC(Nc3ccccc3)=NC=N2)C=CC1C(=O)O. The van der Waals surface area contributed by atoms with Crippen LogP contribution in [0.3, 0.4) is 0 Å². The van der Waals surface area contributed by atoms with Crippen LogP contribution in [0.2, 0.25) is 0 Å². The van der Waals surface area contributed by atoms with Crippen molar-refractivity contribution in [3.05, 3.63) is 54.3 Å². The second kappa shape index (κ2) is 10.6. The lowest BCUT2D eigenvalue weighted by atomic mass is 9.78. The van der Waals surface area contributed by atoms with Gasteiger partial charge >= 0.3 is 5.97 Å². The van der Waals surface area contributed by atoms with Gasteiger partial charge in [0.15, 0.2) is 5.54 Å². The molecule has 13 nitrogen and oxygen atoms in total. The number of carboxylic acids is 1. The lowest BCUT2D eigenvalue weighted by Gasteiger charge is -2.48. The number of amidine groups is 1. The number of nitrogens with zero attached hydrogens (tertiary/aromatic N) is 3. The number of aliphatic carboxylic acids is 1. The summed E-state index contributed by atoms with van der Waals surface area (Å²) in [5.41, 5.74) is 16.9. The Bertz CT molecular complexity index is 1170. The molecule has 13 heteroatoms. The van der Waals surface area contributed by atoms with Crippen LogP contribution >= 0.6 is 0 Å². The van der Waals surface area contributed by atoms with Gasteiger partial charge in [0.1, 0.15) is 18.2 Å². The average molecular weight is 527 g/mol. The molecular weight excluding hydrogens is 492 g/mol. The zero-order valence-corrected chi connectivity index (χ0v) is 20.8. The van der Waals surface area contributed by atoms with E-state index in [4.69, 9.17) is 17.2 Å². The maximum absolute atomic E-state index is 12.0. The van der Waals surface area contributed by atoms with E-state index in [0.29, 0.717) is 10.7 Å². The number of nitrogens with two attached hydrogens (primary N) is 3. The van der Waals surface area contributed by atoms with E-state index >= 15 is 0 Å². The summed E-state index contributed by atoms with van der Waals surface area (Å²) in [6, 6.07) is 7.61. The van der Waals surface area contributed by atoms with Crippen molar-refractivity contribution in [1.29, 1.82) is 0 Å². The van der Waals surface area contributed by atoms with Gasteiger partial charge in [-0.05, 0) is 25.0 Å². The topological polar surface area (TPSA) is 225 Å². The summed E-state index contributed by atoms with van der Waals surface area (Å²) in [4.78, 5) is 33.5. The number of carboxylic acid groups (broad SMARTS) is 1. The van der Waals surface area contributed by atoms with Gasteiger partial charge in [-0.15, -0.1) is 0 Å². The lowest BCUT2D eigenvalue weighted by Crippen LogP contribution is -2.73. The molecule has 11 N–H and O–H groups in total. The zero-order valence-electron chi connectivity index (χ0n) is 20.8. The van der Waals surface area contributed by atoms with Gasteiger partial charge in [0.05, 0.1) is 0 Å². The highest BCUT2D eigenvalue weighted by Crippen LogP contribution is 2.39. The van der Waals surface area contributed by atoms with Crippen LogP contribution < -0.4 is 27.8 Å². The van der Waals surface area contributed by atoms with E-state index in [9.17, 15) is 24.9 Å². The highest BCUT2D eigenvalue weighted by atomic mass is 16.4. The summed E-state index contributed by atoms with van der Waals surface area (Å²) in [6.45, 7) is 0. The van der Waals surface area contributed by atoms with E-state index in [0.717, 1.165) is 44.0 Å². The number of carbonyl (C=O) groups excluding carboxylic acids is 1. The molecule has 0 saturated heterocycles. The van der Waals surface area contributed by atoms with Crippen molar-refractivity contribution >= 4 is 29.7 Å². The third kappa shape index (κ3) is 5.33. The number of anilines is 1. The van der Waals surface area contributed by atoms with Crippen molar-refractivity contribution in [2.24, 2.45) is 27.2 Å². The van der Waals surface area contributed by atoms with Crippen molar-refractivity contribution in [3.63, 3.8) is 0 Å². The van der Waals surface area contributed by atoms with Crippen LogP contribution in [-0.2, 0) is 9.59 Å². The number of aliphatic hydroxyl groups is 2. The van der Waals surface area contributed by atoms with Crippen LogP contribution in [0, 0.1) is 0 Å². The van der Waals surface area contributed by atoms with E-state index in [1.54, 1.807) is 0 Å². The smallest absolute Gasteiger partial charge is 0.330 e. The van der Waals surface area contributed by atoms with Crippen molar-refractivity contribution in [3.8, 4) is 0 Å². The monoisotopic (exact) mass is 526 g/mol. The quantitative estimate of drug-likeness (QED) is 0.202. The molecule has 38 heavy (non-hydrogen) atoms. The molecule has 4 rings (SSSR count). The molecule has 4 atom stereocenters. The molecule has 1 aliphatic carbocycles. The Morgan fingerprint density at radius 2 is 1.79 bits per heavy atom. The molecule has 0 bridgehead atoms. The predicted octanol–water partition coefficient (Wildman–Crippen LogP) is -0.506. The first-order chi connectivity index (χ1) is 18.0. The number of rotatable bonds is 8. The summed E-state index contributed by atoms with van der Waals surface area (Å²) in [7, 11) is 0. The number of amides is 1. The third-order valence-corrected chi connectivity index (χ3v) is 7.16. The number of aliphatic imine (C=N–C) groups is 2. The van der Waals surface area contributed by atoms with Crippen molar-refractivity contribution in [2.45, 2.75) is 67.8 Å². The number of hydrogen-bond acceptors (Lipinski definition) is 11. The Morgan fingerprint density at radius 3 is 2.42 bits per heavy atom. The van der Waals surface area contributed by atoms with E-state index in [-0.39, 0.29) is 18.0 Å². The predicted molar refractivity (Wildman–Crippen MR) is 141 cm³/mol. The minimum absolute atomic E-state index is 0.0492. The first-order valence-corrected chi connectivity index (χ1v) is 12.4. The molecule has 0 aromatic heterocycles. The fraction of sp³-hybridized carbons (Fsp3) is 0.440. The van der Waals surface area contributed by atoms with Crippen LogP contribution in [-0.4, -0.2) is 73.6 Å². The highest BCUT2D eigenvalue weighted by Gasteiger charge is 2.55. The van der Waals surface area contributed by atoms with Crippen LogP contribution in [0.15, 0.2) is 64.2 Å². The summed E-state index contributed by atoms with van der Waals surface area (Å²) in [6.07, 6.45) is 9.62. The summed E-state index contributed by atoms with van der Waals surface area (Å²) >= 11 is 0. The average Bonchev–Trinajstić information content (AvgIpc) is 2.89. The molecule has 1 amide bonds. The van der Waals surface area contributed by atoms with Crippen molar-refractivity contribution in [1.82, 2.24) is 10.2 Å². The Hall–Kier alpha value is -3.62. The third-order valence-electron chi connectivity index (χ3n) is 7.16. The Morgan fingerprint density at radius 1 is 1.11 bits per heavy atom. The number of hydrogen-bond donors (Lipinski definition) is 8. The number of benzene rings is 1. The van der Waals surface area contributed by atoms with Gasteiger partial charge in [0, 0.05) is 29.9 Å². The number of para-hydroxylation sites is 1. The largest absolute Gasteiger partial charge is 0.479 e. The molecule has 2 aliphatic heterocycles. The second-order valence-corrected chi connectivity index (χ2v) is 9.82. The lowest BCUT2D eigenvalue weighted by molar-refractivity contribution is -0.163. The number of primary amides is 1. The van der Waals surface area contributed by atoms with E-state index < -0.39 is 35.2 Å². The second-order valence-electron chi connectivity index (χ2n) is 9.82. The van der Waals surface area contributed by atoms with Gasteiger partial charge in [0.25, 0.3) is 11.8 Å². The molecule has 0 radical (unpaired) electrons. The fourth-order valence-corrected chi connectivity index (χ4v) is 5.05. The van der Waals surface area contributed by atoms with E-state index in [1.807, 2.05) is 30.3 Å². The van der Waals surface area contributed by atoms with Gasteiger partial charge in [-0.25, -0.2) is 9.79 Å². The molecule has 3 aliphatic rings. The molecule has 1 fully saturated rings. The van der Waals surface area contributed by atoms with Gasteiger partial charge in [0.2, 0.25) is 5.85 Å². The zero-order chi connectivity index (χ0) is 27.6. The molecule has 4 unspecified atom stereocenters. The molecule has 0 spiro atoms. The van der Waals surface area contributed by atoms with Crippen molar-refractivity contribution in [2.75, 3.05) is 5.32 Å². The van der Waals surface area contributed by atoms with Crippen LogP contribution in [0.1, 0.15) is 38.5 Å². The normalized spacial score (nSPS) is 27.1. The minimum Gasteiger partial charge on any atom is -0.479 e. The Labute approximate surface area is 219 Å². The van der Waals surface area contributed by atoms with Gasteiger partial charge < -0.3 is 31.3 Å². The molecule has 1 aromatic carbocycles. The molecule has 2 heterocycles. The van der Waals surface area contributed by atoms with Crippen LogP contribution in [0.25, 0.3) is 0 Å². The summed E-state index contributed by atoms with van der Waals surface area (Å²) < 4.78 is 0. The molecule has 1 aromatic rings. The summed E-state index contributed by atoms with van der Waals surface area (Å²) in [5, 5.41) is 38.5. The number of carbonyl (C=O) groups is 2. The van der Waals surface area contributed by atoms with Crippen LogP contribution in [0.4, 0.5) is 5.69 Å². The van der Waals surface area contributed by atoms with Crippen molar-refractivity contribution < 1.29 is 24.9 Å². The molecule has 1 saturated carbocycles. The van der Waals surface area contributed by atoms with E-state index in [2.05, 4.69) is 20.6 Å². The number of nitrogens with one attached hydrogen (secondary N) is 2. The maximum Gasteiger partial charge on any atom is 0.330 e. The maximum atomic E-state index is 12.0. The first kappa shape index (κ1) is 27.4. The summed E-state index contributed by atoms with van der Waals surface area (Å²) in [5.74, 6) is -7.37. The Kier molecular flexibility index (Phi) is 7.67. The fourth-order valence-electron chi connectivity index (χ4n) is 5.05. The highest BCUT2D eigenvalue weighted by molar-refractivity contribution is 6.02. The van der Waals surface area contributed by atoms with Gasteiger partial charge in [-0.2, -0.15) is 0 Å². The van der Waals surface area contributed by atoms with E-state index in [1.165, 1.54) is 18.5 Å². The molecular formula is C25H34N8O5. The standard InChI is InChI=1S/C25H34N8O5/c26-22(36)24(27,37)33-14-16(11-12-19(33)21(34)35)23(25(28,38)32-18-9-5-2-6-10-18)13-20(29-15-30-23)31-17-7-3-1-4-8-17/h1,3-4,7-8,11-12,14-15,18-19,32,37-38H,2,5-6,9-10,13,27-28H2,(H2,26,36)(H,34,35)(H,29,30,31). The van der Waals surface area contributed by atoms with Gasteiger partial charge in [-0.3, -0.25) is 26.6 Å². The van der Waals surface area contributed by atoms with Gasteiger partial charge in [-0.1, -0.05) is 49.6 Å². The Balaban J connectivity index is 1.78.